The second-order valence-electron chi connectivity index (χ2n) is 23.8. The number of methoxy groups -OCH3 is 6. The van der Waals surface area contributed by atoms with E-state index in [9.17, 15) is 22.6 Å². The molecule has 6 aliphatic rings. The second-order valence-corrected chi connectivity index (χ2v) is 23.8. The lowest BCUT2D eigenvalue weighted by molar-refractivity contribution is -0.161. The second kappa shape index (κ2) is 32.5. The van der Waals surface area contributed by atoms with Crippen LogP contribution in [-0.4, -0.2) is 151 Å². The Morgan fingerprint density at radius 3 is 0.956 bits per heavy atom. The van der Waals surface area contributed by atoms with E-state index in [1.165, 1.54) is 28.4 Å². The van der Waals surface area contributed by atoms with Crippen LogP contribution in [0, 0.1) is 53.2 Å². The molecule has 0 radical (unpaired) electrons. The van der Waals surface area contributed by atoms with Crippen LogP contribution in [0.15, 0.2) is 36.3 Å². The number of benzene rings is 3. The monoisotopic (exact) mass is 1290 g/mol. The number of hydrogen-bond donors (Lipinski definition) is 3. The van der Waals surface area contributed by atoms with Gasteiger partial charge < -0.3 is 59.8 Å². The molecule has 3 aromatic carbocycles. The summed E-state index contributed by atoms with van der Waals surface area (Å²) in [5.74, 6) is -21.1. The largest absolute Gasteiger partial charge is 0.493 e. The molecule has 504 valence electrons. The molecule has 0 amide bonds. The van der Waals surface area contributed by atoms with Gasteiger partial charge in [-0.05, 0) is 144 Å². The van der Waals surface area contributed by atoms with Crippen LogP contribution in [0.25, 0.3) is 0 Å². The minimum absolute atomic E-state index is 0.0126. The molecule has 0 spiro atoms. The maximum Gasteiger partial charge on any atom is 0.323 e. The van der Waals surface area contributed by atoms with Crippen LogP contribution in [0.3, 0.4) is 0 Å². The van der Waals surface area contributed by atoms with Gasteiger partial charge in [0.1, 0.15) is 36.3 Å². The summed E-state index contributed by atoms with van der Waals surface area (Å²) in [5, 5.41) is 0. The van der Waals surface area contributed by atoms with Gasteiger partial charge in [-0.15, -0.1) is 0 Å². The lowest BCUT2D eigenvalue weighted by Gasteiger charge is -2.47. The highest BCUT2D eigenvalue weighted by molar-refractivity contribution is 5.77. The number of fused-ring (bicyclic) bond motifs is 9. The highest BCUT2D eigenvalue weighted by Crippen LogP contribution is 2.48. The van der Waals surface area contributed by atoms with Gasteiger partial charge in [0.25, 0.3) is 0 Å². The summed E-state index contributed by atoms with van der Waals surface area (Å²) in [6, 6.07) is -18.6. The Morgan fingerprint density at radius 1 is 0.467 bits per heavy atom. The molecule has 6 heterocycles. The van der Waals surface area contributed by atoms with Gasteiger partial charge >= 0.3 is 17.9 Å². The van der Waals surface area contributed by atoms with Gasteiger partial charge in [0, 0.05) is 123 Å². The van der Waals surface area contributed by atoms with Gasteiger partial charge in [0.05, 0.1) is 67.3 Å². The summed E-state index contributed by atoms with van der Waals surface area (Å²) >= 11 is 0. The molecule has 9 rings (SSSR count). The van der Waals surface area contributed by atoms with E-state index in [0.29, 0.717) is 24.0 Å². The Labute approximate surface area is 594 Å². The lowest BCUT2D eigenvalue weighted by Crippen LogP contribution is -2.51. The standard InChI is InChI=1S/3C24H38N2O4/c3*1-14(2)9-17-13-26-8-7-16-10-21(28-5)22(29-6)11-18(16)19(26)12-20(17)30-24(27)23(25)15(3)4/h3*10-11,14-15,17,19-20,23H,7-9,12-13,25H2,1-6H3/t3*17?,19?,20?,23-/m000/s1/i3D3,4D3,5D3,10D,11D,15D,19D,20D,23D;2*3D3,4D3,10D,11D,15D,19D,20D,23D. The highest BCUT2D eigenvalue weighted by Gasteiger charge is 2.45. The van der Waals surface area contributed by atoms with E-state index >= 15 is 0 Å². The van der Waals surface area contributed by atoms with E-state index in [-0.39, 0.29) is 152 Å². The number of ether oxygens (including phenoxy) is 9. The molecule has 6 aliphatic heterocycles. The summed E-state index contributed by atoms with van der Waals surface area (Å²) in [6.45, 7) is -10.7. The van der Waals surface area contributed by atoms with Crippen molar-refractivity contribution in [2.75, 3.05) is 81.9 Å². The molecule has 0 bridgehead atoms. The zero-order chi connectivity index (χ0) is 99.8. The molecule has 3 aromatic rings. The van der Waals surface area contributed by atoms with E-state index < -0.39 is 199 Å². The van der Waals surface area contributed by atoms with Crippen LogP contribution in [0.4, 0.5) is 0 Å². The molecule has 18 nitrogen and oxygen atoms in total. The molecule has 0 aliphatic carbocycles. The molecule has 6 N–H and O–H groups in total. The van der Waals surface area contributed by atoms with Gasteiger partial charge in [-0.2, -0.15) is 0 Å². The highest BCUT2D eigenvalue weighted by atomic mass is 16.6. The Bertz CT molecular complexity index is 4430. The van der Waals surface area contributed by atoms with Crippen LogP contribution >= 0.6 is 0 Å². The van der Waals surface area contributed by atoms with Crippen molar-refractivity contribution in [1.82, 2.24) is 14.7 Å². The third-order valence-corrected chi connectivity index (χ3v) is 16.2. The number of hydrogen-bond acceptors (Lipinski definition) is 18. The van der Waals surface area contributed by atoms with Gasteiger partial charge in [-0.1, -0.05) is 82.7 Å². The molecule has 12 atom stereocenters. The van der Waals surface area contributed by atoms with E-state index in [1.807, 2.05) is 41.5 Å². The number of rotatable bonds is 21. The minimum Gasteiger partial charge on any atom is -0.493 e. The maximum absolute atomic E-state index is 13.5. The van der Waals surface area contributed by atoms with Gasteiger partial charge in [0.2, 0.25) is 0 Å². The SMILES string of the molecule is [2H]c1c2c(c([2H])c(OC)c1OC([2H])([2H])[2H])C1([2H])CC([2H])(OC(=O)[C@@]([2H])(N)C([2H])(C([2H])([2H])[2H])C([2H])([2H])[2H])C(CC(C)C)CN1CC2.[2H]c1c2c(c([2H])c(OC)c1OC)C1([2H])CC([2H])(OC(=O)[C@@]([2H])(N)C([2H])(C([2H])([2H])[2H])C([2H])([2H])[2H])C(CC(C)C)CN1CC2.[2H]c1c2c(c([2H])c(OC)c1OC)C1([2H])CC([2H])(OC(=O)[C@@]([2H])(N)C([2H])(C([2H])([2H])[2H])C([2H])([2H])[2H])C(CC(C)C)CN1CC2. The fourth-order valence-corrected chi connectivity index (χ4v) is 12.0. The molecule has 0 saturated carbocycles. The number of carbonyl (C=O) groups excluding carboxylic acids is 3. The predicted octanol–water partition coefficient (Wildman–Crippen LogP) is 10.7. The van der Waals surface area contributed by atoms with Crippen molar-refractivity contribution in [3.8, 4) is 34.5 Å². The molecular formula is C72H114N6O12. The van der Waals surface area contributed by atoms with E-state index in [1.54, 1.807) is 14.7 Å². The average molecular weight is 1290 g/mol. The van der Waals surface area contributed by atoms with Crippen molar-refractivity contribution in [1.29, 1.82) is 0 Å². The van der Waals surface area contributed by atoms with Crippen molar-refractivity contribution in [3.05, 3.63) is 69.6 Å². The van der Waals surface area contributed by atoms with Crippen molar-refractivity contribution in [2.24, 2.45) is 70.4 Å². The van der Waals surface area contributed by atoms with Crippen LogP contribution in [0.2, 0.25) is 0 Å². The molecule has 18 heteroatoms. The molecular weight excluding hydrogens is 1140 g/mol. The first-order valence-corrected chi connectivity index (χ1v) is 29.7. The fraction of sp³-hybridized carbons (Fsp3) is 0.708. The minimum atomic E-state index is -3.87. The number of nitrogens with two attached hydrogens (primary N) is 3. The summed E-state index contributed by atoms with van der Waals surface area (Å²) in [7, 11) is 3.34. The quantitative estimate of drug-likeness (QED) is 0.0666. The summed E-state index contributed by atoms with van der Waals surface area (Å²) in [4.78, 5) is 45.5. The third kappa shape index (κ3) is 17.5. The van der Waals surface area contributed by atoms with E-state index in [0.717, 1.165) is 7.11 Å². The van der Waals surface area contributed by atoms with Gasteiger partial charge in [-0.25, -0.2) is 0 Å². The first-order valence-electron chi connectivity index (χ1n) is 49.2. The normalized spacial score (nSPS) is 38.5. The van der Waals surface area contributed by atoms with Crippen molar-refractivity contribution in [2.45, 2.75) is 195 Å². The Kier molecular flexibility index (Phi) is 12.7. The summed E-state index contributed by atoms with van der Waals surface area (Å²) in [5.41, 5.74) is 17.9. The number of piperidine rings is 3. The molecule has 0 aromatic heterocycles. The summed E-state index contributed by atoms with van der Waals surface area (Å²) < 4.78 is 368. The van der Waals surface area contributed by atoms with Crippen LogP contribution < -0.4 is 45.6 Å². The lowest BCUT2D eigenvalue weighted by atomic mass is 9.79. The number of nitrogens with zero attached hydrogens (tertiary/aromatic N) is 3. The van der Waals surface area contributed by atoms with E-state index in [2.05, 4.69) is 0 Å². The maximum atomic E-state index is 13.5. The number of carbonyl (C=O) groups is 3. The zero-order valence-electron chi connectivity index (χ0n) is 92.0. The van der Waals surface area contributed by atoms with Crippen LogP contribution in [0.1, 0.15) is 226 Å². The first kappa shape index (κ1) is 35.2. The average Bonchev–Trinajstić information content (AvgIpc) is 0.713. The number of esters is 3. The molecule has 3 saturated heterocycles. The van der Waals surface area contributed by atoms with E-state index in [4.69, 9.17) is 105 Å². The smallest absolute Gasteiger partial charge is 0.323 e. The molecule has 90 heavy (non-hydrogen) atoms. The fourth-order valence-electron chi connectivity index (χ4n) is 12.0. The Balaban J connectivity index is 0.000000265. The van der Waals surface area contributed by atoms with Crippen molar-refractivity contribution in [3.63, 3.8) is 0 Å². The Hall–Kier alpha value is -5.37. The van der Waals surface area contributed by atoms with Crippen molar-refractivity contribution >= 4 is 17.9 Å². The summed E-state index contributed by atoms with van der Waals surface area (Å²) in [6.07, 6.45) is -7.64. The van der Waals surface area contributed by atoms with Crippen molar-refractivity contribution < 1.29 is 110 Å². The third-order valence-electron chi connectivity index (χ3n) is 16.2. The predicted molar refractivity (Wildman–Crippen MR) is 353 cm³/mol. The Morgan fingerprint density at radius 2 is 0.722 bits per heavy atom. The zero-order valence-corrected chi connectivity index (χ0v) is 53.0. The van der Waals surface area contributed by atoms with Crippen LogP contribution in [0.5, 0.6) is 34.5 Å². The molecule has 9 unspecified atom stereocenters. The first-order chi connectivity index (χ1) is 58.0. The van der Waals surface area contributed by atoms with Gasteiger partial charge in [0.15, 0.2) is 34.5 Å². The topological polar surface area (TPSA) is 222 Å². The van der Waals surface area contributed by atoms with Crippen LogP contribution in [-0.2, 0) is 47.9 Å². The molecule has 3 fully saturated rings. The van der Waals surface area contributed by atoms with Gasteiger partial charge in [-0.3, -0.25) is 29.1 Å².